The molecular weight excluding hydrogens is 340 g/mol. The summed E-state index contributed by atoms with van der Waals surface area (Å²) in [6.45, 7) is 1.30. The minimum atomic E-state index is -0.539. The number of ketones is 1. The number of hydrogen-bond donors (Lipinski definition) is 0. The molecule has 88 valence electrons. The molecular formula is C11H12Br2O3. The number of Topliss-reactive ketones (excluding diaryl/α,β-unsaturated/α-hetero) is 1. The van der Waals surface area contributed by atoms with Gasteiger partial charge in [-0.3, -0.25) is 4.79 Å². The van der Waals surface area contributed by atoms with E-state index < -0.39 is 5.79 Å². The van der Waals surface area contributed by atoms with E-state index in [0.717, 1.165) is 6.42 Å². The molecule has 0 aromatic heterocycles. The van der Waals surface area contributed by atoms with E-state index in [1.54, 1.807) is 0 Å². The average molecular weight is 352 g/mol. The monoisotopic (exact) mass is 350 g/mol. The van der Waals surface area contributed by atoms with E-state index >= 15 is 0 Å². The topological polar surface area (TPSA) is 35.5 Å². The third-order valence-electron chi connectivity index (χ3n) is 4.84. The Bertz CT molecular complexity index is 375. The highest BCUT2D eigenvalue weighted by Crippen LogP contribution is 2.72. The molecule has 5 heteroatoms. The van der Waals surface area contributed by atoms with E-state index in [1.807, 2.05) is 0 Å². The minimum absolute atomic E-state index is 0.0717. The van der Waals surface area contributed by atoms with Gasteiger partial charge in [0, 0.05) is 23.1 Å². The number of halogens is 2. The van der Waals surface area contributed by atoms with Gasteiger partial charge in [-0.2, -0.15) is 0 Å². The first-order chi connectivity index (χ1) is 7.61. The lowest BCUT2D eigenvalue weighted by molar-refractivity contribution is -0.181. The molecule has 1 spiro atoms. The van der Waals surface area contributed by atoms with E-state index in [1.165, 1.54) is 0 Å². The lowest BCUT2D eigenvalue weighted by atomic mass is 9.70. The van der Waals surface area contributed by atoms with Gasteiger partial charge >= 0.3 is 0 Å². The van der Waals surface area contributed by atoms with Crippen LogP contribution in [0.4, 0.5) is 0 Å². The zero-order chi connectivity index (χ0) is 11.1. The summed E-state index contributed by atoms with van der Waals surface area (Å²) in [6.07, 6.45) is 1.74. The fourth-order valence-corrected chi connectivity index (χ4v) is 6.84. The summed E-state index contributed by atoms with van der Waals surface area (Å²) in [7, 11) is 0. The van der Waals surface area contributed by atoms with Crippen LogP contribution in [-0.2, 0) is 14.3 Å². The van der Waals surface area contributed by atoms with Gasteiger partial charge in [0.25, 0.3) is 0 Å². The predicted octanol–water partition coefficient (Wildman–Crippen LogP) is 1.87. The number of alkyl halides is 2. The number of fused-ring (bicyclic) bond motifs is 1. The van der Waals surface area contributed by atoms with Crippen molar-refractivity contribution in [3.05, 3.63) is 0 Å². The number of ether oxygens (including phenoxy) is 2. The molecule has 4 aliphatic carbocycles. The molecule has 5 atom stereocenters. The second-order valence-electron chi connectivity index (χ2n) is 5.27. The van der Waals surface area contributed by atoms with Gasteiger partial charge in [0.05, 0.1) is 17.5 Å². The zero-order valence-electron chi connectivity index (χ0n) is 8.62. The van der Waals surface area contributed by atoms with Crippen molar-refractivity contribution in [2.45, 2.75) is 27.8 Å². The van der Waals surface area contributed by atoms with Crippen molar-refractivity contribution >= 4 is 37.6 Å². The van der Waals surface area contributed by atoms with Crippen LogP contribution >= 0.6 is 31.9 Å². The molecule has 0 unspecified atom stereocenters. The van der Waals surface area contributed by atoms with Gasteiger partial charge in [0.1, 0.15) is 5.78 Å². The second kappa shape index (κ2) is 2.92. The van der Waals surface area contributed by atoms with Crippen LogP contribution < -0.4 is 0 Å². The van der Waals surface area contributed by atoms with E-state index in [9.17, 15) is 4.79 Å². The fourth-order valence-electron chi connectivity index (χ4n) is 4.33. The van der Waals surface area contributed by atoms with E-state index in [-0.39, 0.29) is 21.0 Å². The van der Waals surface area contributed by atoms with Crippen LogP contribution in [0.2, 0.25) is 0 Å². The highest BCUT2D eigenvalue weighted by Gasteiger charge is 2.81. The molecule has 3 nitrogen and oxygen atoms in total. The van der Waals surface area contributed by atoms with Crippen LogP contribution in [-0.4, -0.2) is 33.9 Å². The van der Waals surface area contributed by atoms with Gasteiger partial charge < -0.3 is 9.47 Å². The predicted molar refractivity (Wildman–Crippen MR) is 63.7 cm³/mol. The summed E-state index contributed by atoms with van der Waals surface area (Å²) in [6, 6.07) is 0. The molecule has 16 heavy (non-hydrogen) atoms. The summed E-state index contributed by atoms with van der Waals surface area (Å²) in [5.74, 6) is 0.516. The van der Waals surface area contributed by atoms with Gasteiger partial charge in [0.2, 0.25) is 0 Å². The SMILES string of the molecule is O=C1C[C@H]2C[C@H]3[C@H]1[C@@H](Br)[C@@]2(Br)C31OCCO1. The average Bonchev–Trinajstić information content (AvgIpc) is 2.84. The maximum Gasteiger partial charge on any atom is 0.188 e. The maximum absolute atomic E-state index is 12.0. The molecule has 5 fully saturated rings. The molecule has 4 bridgehead atoms. The van der Waals surface area contributed by atoms with Crippen molar-refractivity contribution in [3.63, 3.8) is 0 Å². The van der Waals surface area contributed by atoms with Gasteiger partial charge in [-0.25, -0.2) is 0 Å². The van der Waals surface area contributed by atoms with Crippen molar-refractivity contribution in [1.82, 2.24) is 0 Å². The Hall–Kier alpha value is 0.550. The van der Waals surface area contributed by atoms with Crippen molar-refractivity contribution in [3.8, 4) is 0 Å². The summed E-state index contributed by atoms with van der Waals surface area (Å²) in [5, 5.41) is 0. The number of carbonyl (C=O) groups excluding carboxylic acids is 1. The molecule has 0 aromatic carbocycles. The maximum atomic E-state index is 12.0. The summed E-state index contributed by atoms with van der Waals surface area (Å²) in [5.41, 5.74) is 0. The Labute approximate surface area is 110 Å². The standard InChI is InChI=1S/C11H12Br2O3/c12-9-8-6-3-5(4-7(8)14)10(9,13)11(6)15-1-2-16-11/h5-6,8-9H,1-4H2/t5-,6+,8-,9-,10-/m1/s1. The van der Waals surface area contributed by atoms with Crippen LogP contribution in [0.1, 0.15) is 12.8 Å². The molecule has 1 heterocycles. The molecule has 1 aliphatic heterocycles. The van der Waals surface area contributed by atoms with Gasteiger partial charge in [-0.1, -0.05) is 31.9 Å². The van der Waals surface area contributed by atoms with E-state index in [4.69, 9.17) is 9.47 Å². The Kier molecular flexibility index (Phi) is 1.91. The molecule has 0 aromatic rings. The highest BCUT2D eigenvalue weighted by molar-refractivity contribution is 9.12. The Balaban J connectivity index is 1.91. The third-order valence-corrected chi connectivity index (χ3v) is 8.44. The van der Waals surface area contributed by atoms with E-state index in [2.05, 4.69) is 31.9 Å². The van der Waals surface area contributed by atoms with Crippen molar-refractivity contribution in [2.75, 3.05) is 13.2 Å². The van der Waals surface area contributed by atoms with Crippen LogP contribution in [0.15, 0.2) is 0 Å². The second-order valence-corrected chi connectivity index (χ2v) is 7.57. The molecule has 0 amide bonds. The Morgan fingerprint density at radius 1 is 1.31 bits per heavy atom. The first kappa shape index (κ1) is 10.5. The number of rotatable bonds is 0. The first-order valence-corrected chi connectivity index (χ1v) is 7.46. The smallest absolute Gasteiger partial charge is 0.188 e. The van der Waals surface area contributed by atoms with Crippen molar-refractivity contribution < 1.29 is 14.3 Å². The fraction of sp³-hybridized carbons (Fsp3) is 0.909. The molecule has 5 aliphatic rings. The minimum Gasteiger partial charge on any atom is -0.346 e. The number of carbonyl (C=O) groups is 1. The summed E-state index contributed by atoms with van der Waals surface area (Å²) in [4.78, 5) is 12.2. The molecule has 0 radical (unpaired) electrons. The third kappa shape index (κ3) is 0.835. The van der Waals surface area contributed by atoms with Crippen molar-refractivity contribution in [2.24, 2.45) is 17.8 Å². The number of hydrogen-bond acceptors (Lipinski definition) is 3. The van der Waals surface area contributed by atoms with Crippen LogP contribution in [0.25, 0.3) is 0 Å². The normalized spacial score (nSPS) is 56.8. The Morgan fingerprint density at radius 3 is 2.56 bits per heavy atom. The van der Waals surface area contributed by atoms with Crippen LogP contribution in [0.5, 0.6) is 0 Å². The Morgan fingerprint density at radius 2 is 2.00 bits per heavy atom. The quantitative estimate of drug-likeness (QED) is 0.625. The molecule has 5 rings (SSSR count). The zero-order valence-corrected chi connectivity index (χ0v) is 11.8. The van der Waals surface area contributed by atoms with Gasteiger partial charge in [-0.15, -0.1) is 0 Å². The molecule has 0 N–H and O–H groups in total. The van der Waals surface area contributed by atoms with E-state index in [0.29, 0.717) is 31.3 Å². The largest absolute Gasteiger partial charge is 0.346 e. The van der Waals surface area contributed by atoms with Gasteiger partial charge in [-0.05, 0) is 12.3 Å². The first-order valence-electron chi connectivity index (χ1n) is 5.75. The molecule has 4 saturated carbocycles. The van der Waals surface area contributed by atoms with Crippen LogP contribution in [0, 0.1) is 17.8 Å². The molecule has 1 saturated heterocycles. The lowest BCUT2D eigenvalue weighted by Gasteiger charge is -2.43. The summed E-state index contributed by atoms with van der Waals surface area (Å²) >= 11 is 7.58. The highest BCUT2D eigenvalue weighted by atomic mass is 79.9. The van der Waals surface area contributed by atoms with Gasteiger partial charge in [0.15, 0.2) is 5.79 Å². The lowest BCUT2D eigenvalue weighted by Crippen LogP contribution is -2.54. The summed E-state index contributed by atoms with van der Waals surface area (Å²) < 4.78 is 11.7. The van der Waals surface area contributed by atoms with Crippen molar-refractivity contribution in [1.29, 1.82) is 0 Å². The van der Waals surface area contributed by atoms with Crippen LogP contribution in [0.3, 0.4) is 0 Å².